The van der Waals surface area contributed by atoms with Crippen molar-refractivity contribution in [3.63, 3.8) is 0 Å². The molecule has 4 saturated carbocycles. The zero-order valence-electron chi connectivity index (χ0n) is 17.0. The van der Waals surface area contributed by atoms with Crippen molar-refractivity contribution in [2.24, 2.45) is 40.4 Å². The van der Waals surface area contributed by atoms with Crippen LogP contribution in [0.5, 0.6) is 0 Å². The van der Waals surface area contributed by atoms with Gasteiger partial charge in [0.05, 0.1) is 19.3 Å². The van der Waals surface area contributed by atoms with Crippen LogP contribution in [-0.4, -0.2) is 30.2 Å². The predicted molar refractivity (Wildman–Crippen MR) is 102 cm³/mol. The lowest BCUT2D eigenvalue weighted by Crippen LogP contribution is -2.55. The van der Waals surface area contributed by atoms with Crippen molar-refractivity contribution in [3.05, 3.63) is 0 Å². The summed E-state index contributed by atoms with van der Waals surface area (Å²) in [6.07, 6.45) is 11.4. The van der Waals surface area contributed by atoms with Crippen LogP contribution in [0, 0.1) is 40.4 Å². The van der Waals surface area contributed by atoms with Crippen LogP contribution in [0.1, 0.15) is 78.6 Å². The molecule has 0 bridgehead atoms. The van der Waals surface area contributed by atoms with Gasteiger partial charge in [0, 0.05) is 5.92 Å². The van der Waals surface area contributed by atoms with Gasteiger partial charge in [-0.25, -0.2) is 0 Å². The van der Waals surface area contributed by atoms with Gasteiger partial charge in [-0.2, -0.15) is 0 Å². The molecule has 3 heteroatoms. The quantitative estimate of drug-likeness (QED) is 0.730. The molecule has 1 saturated heterocycles. The van der Waals surface area contributed by atoms with Gasteiger partial charge < -0.3 is 14.6 Å². The fourth-order valence-corrected chi connectivity index (χ4v) is 8.83. The van der Waals surface area contributed by atoms with Gasteiger partial charge >= 0.3 is 0 Å². The van der Waals surface area contributed by atoms with Gasteiger partial charge in [-0.15, -0.1) is 0 Å². The van der Waals surface area contributed by atoms with Crippen molar-refractivity contribution in [1.82, 2.24) is 0 Å². The molecule has 5 fully saturated rings. The smallest absolute Gasteiger partial charge is 0.169 e. The molecule has 0 aromatic rings. The van der Waals surface area contributed by atoms with Crippen LogP contribution in [0.3, 0.4) is 0 Å². The molecule has 1 heterocycles. The molecule has 0 radical (unpaired) electrons. The second-order valence-electron chi connectivity index (χ2n) is 11.0. The third kappa shape index (κ3) is 2.35. The molecule has 0 aromatic heterocycles. The Labute approximate surface area is 159 Å². The molecule has 3 nitrogen and oxygen atoms in total. The first-order valence-corrected chi connectivity index (χ1v) is 11.3. The van der Waals surface area contributed by atoms with E-state index in [2.05, 4.69) is 20.8 Å². The van der Waals surface area contributed by atoms with Crippen LogP contribution in [0.25, 0.3) is 0 Å². The lowest BCUT2D eigenvalue weighted by molar-refractivity contribution is -0.218. The van der Waals surface area contributed by atoms with Crippen LogP contribution < -0.4 is 0 Å². The van der Waals surface area contributed by atoms with Gasteiger partial charge in [-0.1, -0.05) is 13.8 Å². The highest BCUT2D eigenvalue weighted by atomic mass is 16.7. The van der Waals surface area contributed by atoms with E-state index in [0.29, 0.717) is 16.7 Å². The Morgan fingerprint density at radius 2 is 1.46 bits per heavy atom. The van der Waals surface area contributed by atoms with E-state index in [1.54, 1.807) is 0 Å². The molecule has 0 aromatic carbocycles. The standard InChI is InChI=1S/C23H38O3/c1-21-10-8-16(24)14-15(21)4-5-17-18-6-7-20(23(3)25-12-13-26-23)22(18,2)11-9-19(17)21/h15-20,24H,4-14H2,1-3H3/t15-,16+,17?,18?,19?,20-,21-,22-/m0/s1. The van der Waals surface area contributed by atoms with E-state index in [0.717, 1.165) is 49.7 Å². The summed E-state index contributed by atoms with van der Waals surface area (Å²) in [5.74, 6) is 3.59. The largest absolute Gasteiger partial charge is 0.393 e. The molecule has 8 atom stereocenters. The van der Waals surface area contributed by atoms with E-state index in [9.17, 15) is 5.11 Å². The molecule has 4 aliphatic carbocycles. The van der Waals surface area contributed by atoms with Crippen molar-refractivity contribution in [1.29, 1.82) is 0 Å². The van der Waals surface area contributed by atoms with E-state index < -0.39 is 0 Å². The number of rotatable bonds is 1. The van der Waals surface area contributed by atoms with Gasteiger partial charge in [0.1, 0.15) is 0 Å². The molecular formula is C23H38O3. The van der Waals surface area contributed by atoms with E-state index in [1.807, 2.05) is 0 Å². The van der Waals surface area contributed by atoms with Crippen LogP contribution in [0.15, 0.2) is 0 Å². The fourth-order valence-electron chi connectivity index (χ4n) is 8.83. The van der Waals surface area contributed by atoms with Crippen molar-refractivity contribution in [2.75, 3.05) is 13.2 Å². The molecule has 3 unspecified atom stereocenters. The summed E-state index contributed by atoms with van der Waals surface area (Å²) in [4.78, 5) is 0. The average Bonchev–Trinajstić information content (AvgIpc) is 3.19. The zero-order chi connectivity index (χ0) is 18.2. The van der Waals surface area contributed by atoms with Crippen LogP contribution in [-0.2, 0) is 9.47 Å². The lowest BCUT2D eigenvalue weighted by Gasteiger charge is -2.61. The minimum absolute atomic E-state index is 0.0362. The van der Waals surface area contributed by atoms with E-state index in [-0.39, 0.29) is 11.9 Å². The number of hydrogen-bond donors (Lipinski definition) is 1. The Morgan fingerprint density at radius 1 is 0.769 bits per heavy atom. The van der Waals surface area contributed by atoms with Gasteiger partial charge in [0.15, 0.2) is 5.79 Å². The first kappa shape index (κ1) is 17.9. The van der Waals surface area contributed by atoms with Crippen molar-refractivity contribution in [3.8, 4) is 0 Å². The number of aliphatic hydroxyl groups is 1. The van der Waals surface area contributed by atoms with E-state index in [1.165, 1.54) is 44.9 Å². The number of aliphatic hydroxyl groups excluding tert-OH is 1. The topological polar surface area (TPSA) is 38.7 Å². The van der Waals surface area contributed by atoms with Gasteiger partial charge in [-0.05, 0) is 99.2 Å². The fraction of sp³-hybridized carbons (Fsp3) is 1.00. The molecule has 0 amide bonds. The maximum atomic E-state index is 10.2. The van der Waals surface area contributed by atoms with Crippen molar-refractivity contribution < 1.29 is 14.6 Å². The first-order valence-electron chi connectivity index (χ1n) is 11.3. The Morgan fingerprint density at radius 3 is 2.23 bits per heavy atom. The molecule has 0 spiro atoms. The third-order valence-electron chi connectivity index (χ3n) is 10.1. The van der Waals surface area contributed by atoms with Gasteiger partial charge in [-0.3, -0.25) is 0 Å². The summed E-state index contributed by atoms with van der Waals surface area (Å²) in [6, 6.07) is 0. The molecule has 26 heavy (non-hydrogen) atoms. The second-order valence-corrected chi connectivity index (χ2v) is 11.0. The normalized spacial score (nSPS) is 55.8. The minimum atomic E-state index is -0.341. The van der Waals surface area contributed by atoms with Gasteiger partial charge in [0.25, 0.3) is 0 Å². The van der Waals surface area contributed by atoms with E-state index in [4.69, 9.17) is 9.47 Å². The Bertz CT molecular complexity index is 556. The highest BCUT2D eigenvalue weighted by molar-refractivity contribution is 5.11. The number of ether oxygens (including phenoxy) is 2. The highest BCUT2D eigenvalue weighted by Crippen LogP contribution is 2.69. The summed E-state index contributed by atoms with van der Waals surface area (Å²) >= 11 is 0. The summed E-state index contributed by atoms with van der Waals surface area (Å²) < 4.78 is 12.3. The van der Waals surface area contributed by atoms with Crippen LogP contribution in [0.4, 0.5) is 0 Å². The molecule has 5 rings (SSSR count). The SMILES string of the molecule is CC1([C@H]2CCC3C4CC[C@H]5C[C@H](O)CC[C@]5(C)C4CC[C@@]32C)OCCO1. The lowest BCUT2D eigenvalue weighted by atomic mass is 9.44. The van der Waals surface area contributed by atoms with E-state index >= 15 is 0 Å². The summed E-state index contributed by atoms with van der Waals surface area (Å²) in [6.45, 7) is 8.90. The van der Waals surface area contributed by atoms with Crippen molar-refractivity contribution in [2.45, 2.75) is 90.4 Å². The highest BCUT2D eigenvalue weighted by Gasteiger charge is 2.63. The maximum Gasteiger partial charge on any atom is 0.169 e. The molecule has 1 aliphatic heterocycles. The number of fused-ring (bicyclic) bond motifs is 5. The minimum Gasteiger partial charge on any atom is -0.393 e. The Balaban J connectivity index is 1.41. The zero-order valence-corrected chi connectivity index (χ0v) is 17.0. The predicted octanol–water partition coefficient (Wildman–Crippen LogP) is 4.77. The Kier molecular flexibility index (Phi) is 4.10. The summed E-state index contributed by atoms with van der Waals surface area (Å²) in [5, 5.41) is 10.2. The summed E-state index contributed by atoms with van der Waals surface area (Å²) in [5.41, 5.74) is 0.865. The second kappa shape index (κ2) is 5.94. The van der Waals surface area contributed by atoms with Crippen LogP contribution in [0.2, 0.25) is 0 Å². The average molecular weight is 363 g/mol. The number of hydrogen-bond acceptors (Lipinski definition) is 3. The molecule has 1 N–H and O–H groups in total. The van der Waals surface area contributed by atoms with Gasteiger partial charge in [0.2, 0.25) is 0 Å². The molecule has 5 aliphatic rings. The van der Waals surface area contributed by atoms with Crippen molar-refractivity contribution >= 4 is 0 Å². The Hall–Kier alpha value is -0.120. The molecular weight excluding hydrogens is 324 g/mol. The first-order chi connectivity index (χ1) is 12.4. The maximum absolute atomic E-state index is 10.2. The summed E-state index contributed by atoms with van der Waals surface area (Å²) in [7, 11) is 0. The molecule has 148 valence electrons. The third-order valence-corrected chi connectivity index (χ3v) is 10.1. The monoisotopic (exact) mass is 362 g/mol. The van der Waals surface area contributed by atoms with Crippen LogP contribution >= 0.6 is 0 Å².